The Hall–Kier alpha value is -2.45. The Kier molecular flexibility index (Phi) is 7.81. The van der Waals surface area contributed by atoms with Crippen LogP contribution in [0.25, 0.3) is 0 Å². The molecule has 1 aromatic carbocycles. The molecular weight excluding hydrogens is 494 g/mol. The zero-order valence-electron chi connectivity index (χ0n) is 23.8. The second-order valence-electron chi connectivity index (χ2n) is 12.6. The molecule has 8 heteroatoms. The van der Waals surface area contributed by atoms with Crippen LogP contribution in [0.1, 0.15) is 78.2 Å². The Morgan fingerprint density at radius 3 is 2.49 bits per heavy atom. The highest BCUT2D eigenvalue weighted by atomic mass is 16.5. The van der Waals surface area contributed by atoms with Gasteiger partial charge in [0.15, 0.2) is 0 Å². The Bertz CT molecular complexity index is 1080. The van der Waals surface area contributed by atoms with Crippen molar-refractivity contribution >= 4 is 17.7 Å². The summed E-state index contributed by atoms with van der Waals surface area (Å²) >= 11 is 0. The van der Waals surface area contributed by atoms with Crippen molar-refractivity contribution in [2.45, 2.75) is 109 Å². The van der Waals surface area contributed by atoms with Crippen LogP contribution in [0.15, 0.2) is 30.3 Å². The minimum Gasteiger partial charge on any atom is -0.394 e. The number of nitrogens with one attached hydrogen (secondary N) is 2. The Balaban J connectivity index is 1.51. The van der Waals surface area contributed by atoms with Gasteiger partial charge in [0, 0.05) is 12.6 Å². The molecule has 1 aromatic rings. The fraction of sp³-hybridized carbons (Fsp3) is 0.710. The van der Waals surface area contributed by atoms with E-state index in [1.807, 2.05) is 51.1 Å². The number of nitrogens with zero attached hydrogens (tertiary/aromatic N) is 1. The molecule has 8 nitrogen and oxygen atoms in total. The molecule has 3 N–H and O–H groups in total. The van der Waals surface area contributed by atoms with E-state index in [-0.39, 0.29) is 42.2 Å². The zero-order valence-corrected chi connectivity index (χ0v) is 23.8. The van der Waals surface area contributed by atoms with E-state index in [9.17, 15) is 19.5 Å². The molecule has 0 aromatic heterocycles. The van der Waals surface area contributed by atoms with Gasteiger partial charge in [0.1, 0.15) is 11.6 Å². The molecule has 1 spiro atoms. The maximum absolute atomic E-state index is 14.4. The molecule has 3 heterocycles. The van der Waals surface area contributed by atoms with Gasteiger partial charge in [-0.05, 0) is 43.6 Å². The molecule has 0 radical (unpaired) electrons. The number of carbonyl (C=O) groups is 3. The van der Waals surface area contributed by atoms with Crippen molar-refractivity contribution in [1.29, 1.82) is 0 Å². The average molecular weight is 540 g/mol. The summed E-state index contributed by atoms with van der Waals surface area (Å²) in [4.78, 5) is 44.0. The predicted octanol–water partition coefficient (Wildman–Crippen LogP) is 3.17. The van der Waals surface area contributed by atoms with Crippen molar-refractivity contribution in [3.63, 3.8) is 0 Å². The number of amides is 3. The lowest BCUT2D eigenvalue weighted by Gasteiger charge is -2.40. The van der Waals surface area contributed by atoms with Gasteiger partial charge in [-0.1, -0.05) is 76.8 Å². The monoisotopic (exact) mass is 539 g/mol. The summed E-state index contributed by atoms with van der Waals surface area (Å²) in [5.74, 6) is -2.19. The van der Waals surface area contributed by atoms with E-state index in [4.69, 9.17) is 4.74 Å². The van der Waals surface area contributed by atoms with Crippen molar-refractivity contribution in [2.75, 3.05) is 6.61 Å². The number of aliphatic hydroxyl groups excluding tert-OH is 1. The summed E-state index contributed by atoms with van der Waals surface area (Å²) in [7, 11) is 0. The average Bonchev–Trinajstić information content (AvgIpc) is 3.45. The van der Waals surface area contributed by atoms with Crippen molar-refractivity contribution in [2.24, 2.45) is 23.7 Å². The van der Waals surface area contributed by atoms with E-state index in [1.165, 1.54) is 6.42 Å². The van der Waals surface area contributed by atoms with E-state index < -0.39 is 35.1 Å². The molecule has 1 aliphatic carbocycles. The normalized spacial score (nSPS) is 35.5. The molecule has 214 valence electrons. The van der Waals surface area contributed by atoms with E-state index >= 15 is 0 Å². The van der Waals surface area contributed by atoms with Crippen LogP contribution in [0, 0.1) is 23.7 Å². The van der Waals surface area contributed by atoms with Crippen molar-refractivity contribution in [3.05, 3.63) is 35.9 Å². The SMILES string of the molecule is CC[C@H](C)[C@H](CO)N1C(=O)[C@@H]2[C@H](C(=O)NCc3ccccc3)[C@@]3(C)OC2(CC3C)C1C(=O)NC1CCCCC1. The molecule has 3 aliphatic heterocycles. The zero-order chi connectivity index (χ0) is 27.9. The number of aliphatic hydroxyl groups is 1. The largest absolute Gasteiger partial charge is 0.394 e. The van der Waals surface area contributed by atoms with Gasteiger partial charge >= 0.3 is 0 Å². The van der Waals surface area contributed by atoms with E-state index in [0.717, 1.165) is 37.7 Å². The standard InChI is InChI=1S/C31H45N3O5/c1-5-19(2)23(18-35)34-26(28(37)33-22-14-10-7-11-15-22)31-16-20(3)30(4,39-31)24(25(31)29(34)38)27(36)32-17-21-12-8-6-9-13-21/h6,8-9,12-13,19-20,22-26,35H,5,7,10-11,14-18H2,1-4H3,(H,32,36)(H,33,37)/t19-,20?,23-,24+,25-,26?,30-,31?/m0/s1. The molecule has 4 aliphatic rings. The van der Waals surface area contributed by atoms with Crippen LogP contribution in [-0.4, -0.2) is 63.7 Å². The molecule has 8 atom stereocenters. The number of likely N-dealkylation sites (tertiary alicyclic amines) is 1. The molecule has 3 amide bonds. The van der Waals surface area contributed by atoms with Crippen molar-refractivity contribution in [1.82, 2.24) is 15.5 Å². The quantitative estimate of drug-likeness (QED) is 0.447. The third-order valence-electron chi connectivity index (χ3n) is 10.4. The number of ether oxygens (including phenoxy) is 1. The van der Waals surface area contributed by atoms with Crippen LogP contribution in [0.5, 0.6) is 0 Å². The van der Waals surface area contributed by atoms with Gasteiger partial charge in [-0.2, -0.15) is 0 Å². The van der Waals surface area contributed by atoms with Crippen LogP contribution in [0.3, 0.4) is 0 Å². The highest BCUT2D eigenvalue weighted by Gasteiger charge is 2.80. The second kappa shape index (κ2) is 10.8. The molecule has 1 saturated carbocycles. The minimum atomic E-state index is -1.10. The Morgan fingerprint density at radius 2 is 1.85 bits per heavy atom. The first-order valence-electron chi connectivity index (χ1n) is 14.9. The minimum absolute atomic E-state index is 0.0184. The first kappa shape index (κ1) is 28.1. The van der Waals surface area contributed by atoms with Gasteiger partial charge in [0.2, 0.25) is 17.7 Å². The van der Waals surface area contributed by atoms with Gasteiger partial charge in [-0.15, -0.1) is 0 Å². The highest BCUT2D eigenvalue weighted by Crippen LogP contribution is 2.65. The molecule has 5 rings (SSSR count). The molecule has 3 unspecified atom stereocenters. The maximum Gasteiger partial charge on any atom is 0.246 e. The fourth-order valence-electron chi connectivity index (χ4n) is 7.97. The summed E-state index contributed by atoms with van der Waals surface area (Å²) in [6, 6.07) is 8.37. The highest BCUT2D eigenvalue weighted by molar-refractivity contribution is 5.99. The second-order valence-corrected chi connectivity index (χ2v) is 12.6. The number of carbonyl (C=O) groups excluding carboxylic acids is 3. The van der Waals surface area contributed by atoms with E-state index in [0.29, 0.717) is 13.0 Å². The summed E-state index contributed by atoms with van der Waals surface area (Å²) in [6.45, 7) is 8.13. The van der Waals surface area contributed by atoms with Crippen LogP contribution in [0.2, 0.25) is 0 Å². The molecule has 39 heavy (non-hydrogen) atoms. The van der Waals surface area contributed by atoms with Gasteiger partial charge < -0.3 is 25.4 Å². The molecular formula is C31H45N3O5. The summed E-state index contributed by atoms with van der Waals surface area (Å²) in [5, 5.41) is 16.8. The molecule has 3 saturated heterocycles. The van der Waals surface area contributed by atoms with Crippen molar-refractivity contribution in [3.8, 4) is 0 Å². The summed E-state index contributed by atoms with van der Waals surface area (Å²) < 4.78 is 6.84. The predicted molar refractivity (Wildman–Crippen MR) is 147 cm³/mol. The van der Waals surface area contributed by atoms with E-state index in [1.54, 1.807) is 4.90 Å². The number of rotatable bonds is 9. The maximum atomic E-state index is 14.4. The lowest BCUT2D eigenvalue weighted by atomic mass is 9.62. The van der Waals surface area contributed by atoms with Crippen LogP contribution >= 0.6 is 0 Å². The number of benzene rings is 1. The number of hydrogen-bond donors (Lipinski definition) is 3. The molecule has 2 bridgehead atoms. The Morgan fingerprint density at radius 1 is 1.15 bits per heavy atom. The number of hydrogen-bond acceptors (Lipinski definition) is 5. The van der Waals surface area contributed by atoms with Crippen molar-refractivity contribution < 1.29 is 24.2 Å². The van der Waals surface area contributed by atoms with Gasteiger partial charge in [0.05, 0.1) is 30.1 Å². The topological polar surface area (TPSA) is 108 Å². The van der Waals surface area contributed by atoms with Crippen LogP contribution in [-0.2, 0) is 25.7 Å². The summed E-state index contributed by atoms with van der Waals surface area (Å²) in [6.07, 6.45) is 6.46. The smallest absolute Gasteiger partial charge is 0.246 e. The lowest BCUT2D eigenvalue weighted by Crippen LogP contribution is -2.60. The lowest BCUT2D eigenvalue weighted by molar-refractivity contribution is -0.152. The third-order valence-corrected chi connectivity index (χ3v) is 10.4. The Labute approximate surface area is 232 Å². The fourth-order valence-corrected chi connectivity index (χ4v) is 7.97. The first-order valence-corrected chi connectivity index (χ1v) is 14.9. The van der Waals surface area contributed by atoms with Gasteiger partial charge in [-0.3, -0.25) is 14.4 Å². The van der Waals surface area contributed by atoms with Crippen LogP contribution < -0.4 is 10.6 Å². The van der Waals surface area contributed by atoms with Crippen LogP contribution in [0.4, 0.5) is 0 Å². The number of fused-ring (bicyclic) bond motifs is 1. The van der Waals surface area contributed by atoms with Gasteiger partial charge in [0.25, 0.3) is 0 Å². The van der Waals surface area contributed by atoms with E-state index in [2.05, 4.69) is 17.6 Å². The van der Waals surface area contributed by atoms with Gasteiger partial charge in [-0.25, -0.2) is 0 Å². The summed E-state index contributed by atoms with van der Waals surface area (Å²) in [5.41, 5.74) is -0.981. The first-order chi connectivity index (χ1) is 18.7. The molecule has 4 fully saturated rings. The third kappa shape index (κ3) is 4.57.